The fourth-order valence-corrected chi connectivity index (χ4v) is 2.08. The minimum atomic E-state index is -0.460. The summed E-state index contributed by atoms with van der Waals surface area (Å²) < 4.78 is 6.50. The van der Waals surface area contributed by atoms with Crippen molar-refractivity contribution in [2.45, 2.75) is 20.4 Å². The molecule has 0 unspecified atom stereocenters. The molecule has 0 radical (unpaired) electrons. The highest BCUT2D eigenvalue weighted by Gasteiger charge is 2.16. The van der Waals surface area contributed by atoms with Gasteiger partial charge in [-0.3, -0.25) is 9.36 Å². The van der Waals surface area contributed by atoms with Crippen LogP contribution in [-0.2, 0) is 11.3 Å². The highest BCUT2D eigenvalue weighted by atomic mass is 16.5. The number of nitrogens with zero attached hydrogens (tertiary/aromatic N) is 1. The summed E-state index contributed by atoms with van der Waals surface area (Å²) in [6.07, 6.45) is 0. The number of carbonyl (C=O) groups excluding carboxylic acids is 1. The Balaban J connectivity index is 2.48. The minimum Gasteiger partial charge on any atom is -0.461 e. The Kier molecular flexibility index (Phi) is 4.35. The molecule has 0 amide bonds. The van der Waals surface area contributed by atoms with Gasteiger partial charge in [-0.1, -0.05) is 36.4 Å². The maximum absolute atomic E-state index is 12.1. The quantitative estimate of drug-likeness (QED) is 0.802. The smallest absolute Gasteiger partial charge is 0.355 e. The Labute approximate surface area is 117 Å². The monoisotopic (exact) mass is 271 g/mol. The first kappa shape index (κ1) is 14.1. The average Bonchev–Trinajstić information content (AvgIpc) is 2.44. The molecule has 1 heterocycles. The van der Waals surface area contributed by atoms with Gasteiger partial charge < -0.3 is 4.74 Å². The van der Waals surface area contributed by atoms with Gasteiger partial charge in [0.1, 0.15) is 5.69 Å². The molecule has 0 aliphatic rings. The summed E-state index contributed by atoms with van der Waals surface area (Å²) in [7, 11) is 0. The van der Waals surface area contributed by atoms with Crippen LogP contribution in [-0.4, -0.2) is 17.1 Å². The van der Waals surface area contributed by atoms with Crippen LogP contribution in [0.4, 0.5) is 0 Å². The Hall–Kier alpha value is -2.36. The first-order valence-corrected chi connectivity index (χ1v) is 6.55. The third-order valence-corrected chi connectivity index (χ3v) is 3.04. The number of esters is 1. The molecular formula is C16H17NO3. The molecule has 4 heteroatoms. The van der Waals surface area contributed by atoms with Gasteiger partial charge in [-0.2, -0.15) is 0 Å². The van der Waals surface area contributed by atoms with E-state index < -0.39 is 5.97 Å². The molecule has 0 bridgehead atoms. The van der Waals surface area contributed by atoms with E-state index in [2.05, 4.69) is 0 Å². The fraction of sp³-hybridized carbons (Fsp3) is 0.250. The van der Waals surface area contributed by atoms with Crippen LogP contribution in [0.15, 0.2) is 47.3 Å². The van der Waals surface area contributed by atoms with Gasteiger partial charge in [-0.25, -0.2) is 4.79 Å². The molecule has 20 heavy (non-hydrogen) atoms. The molecule has 4 nitrogen and oxygen atoms in total. The summed E-state index contributed by atoms with van der Waals surface area (Å²) in [5.41, 5.74) is 1.82. The van der Waals surface area contributed by atoms with Crippen molar-refractivity contribution in [1.82, 2.24) is 4.57 Å². The molecule has 0 aliphatic carbocycles. The highest BCUT2D eigenvalue weighted by molar-refractivity contribution is 5.89. The molecule has 104 valence electrons. The number of hydrogen-bond acceptors (Lipinski definition) is 3. The topological polar surface area (TPSA) is 48.3 Å². The molecule has 1 aromatic heterocycles. The lowest BCUT2D eigenvalue weighted by Crippen LogP contribution is -2.28. The lowest BCUT2D eigenvalue weighted by Gasteiger charge is -2.14. The summed E-state index contributed by atoms with van der Waals surface area (Å²) in [5.74, 6) is -0.460. The van der Waals surface area contributed by atoms with Crippen molar-refractivity contribution in [2.75, 3.05) is 6.61 Å². The molecule has 0 spiro atoms. The van der Waals surface area contributed by atoms with Crippen LogP contribution in [0.2, 0.25) is 0 Å². The number of pyridine rings is 1. The third kappa shape index (κ3) is 2.96. The summed E-state index contributed by atoms with van der Waals surface area (Å²) >= 11 is 0. The standard InChI is InChI=1S/C16H17NO3/c1-3-20-16(19)15-12(2)9-10-14(18)17(15)11-13-7-5-4-6-8-13/h4-10H,3,11H2,1-2H3. The van der Waals surface area contributed by atoms with Gasteiger partial charge in [0.15, 0.2) is 0 Å². The lowest BCUT2D eigenvalue weighted by molar-refractivity contribution is 0.0511. The summed E-state index contributed by atoms with van der Waals surface area (Å²) in [4.78, 5) is 24.1. The maximum atomic E-state index is 12.1. The number of hydrogen-bond donors (Lipinski definition) is 0. The number of carbonyl (C=O) groups is 1. The molecule has 2 rings (SSSR count). The second-order valence-electron chi connectivity index (χ2n) is 4.50. The van der Waals surface area contributed by atoms with E-state index in [0.29, 0.717) is 12.2 Å². The zero-order valence-corrected chi connectivity index (χ0v) is 11.6. The van der Waals surface area contributed by atoms with E-state index in [1.54, 1.807) is 19.9 Å². The molecule has 0 aliphatic heterocycles. The summed E-state index contributed by atoms with van der Waals surface area (Å²) in [6, 6.07) is 12.7. The molecule has 0 saturated carbocycles. The largest absolute Gasteiger partial charge is 0.461 e. The van der Waals surface area contributed by atoms with E-state index in [1.807, 2.05) is 30.3 Å². The first-order chi connectivity index (χ1) is 9.63. The van der Waals surface area contributed by atoms with Crippen molar-refractivity contribution in [3.05, 3.63) is 69.6 Å². The Morgan fingerprint density at radius 1 is 1.15 bits per heavy atom. The van der Waals surface area contributed by atoms with Gasteiger partial charge in [0.05, 0.1) is 13.2 Å². The van der Waals surface area contributed by atoms with E-state index >= 15 is 0 Å². The predicted octanol–water partition coefficient (Wildman–Crippen LogP) is 2.38. The molecule has 0 atom stereocenters. The summed E-state index contributed by atoms with van der Waals surface area (Å²) in [5, 5.41) is 0. The van der Waals surface area contributed by atoms with Crippen LogP contribution in [0.25, 0.3) is 0 Å². The van der Waals surface area contributed by atoms with Gasteiger partial charge in [-0.05, 0) is 25.0 Å². The van der Waals surface area contributed by atoms with E-state index in [4.69, 9.17) is 4.74 Å². The van der Waals surface area contributed by atoms with Crippen LogP contribution in [0.1, 0.15) is 28.5 Å². The number of ether oxygens (including phenoxy) is 1. The zero-order valence-electron chi connectivity index (χ0n) is 11.6. The number of aryl methyl sites for hydroxylation is 1. The van der Waals surface area contributed by atoms with Crippen LogP contribution in [0.5, 0.6) is 0 Å². The van der Waals surface area contributed by atoms with Crippen molar-refractivity contribution in [3.63, 3.8) is 0 Å². The minimum absolute atomic E-state index is 0.206. The van der Waals surface area contributed by atoms with Crippen molar-refractivity contribution in [2.24, 2.45) is 0 Å². The van der Waals surface area contributed by atoms with Crippen LogP contribution in [0.3, 0.4) is 0 Å². The maximum Gasteiger partial charge on any atom is 0.355 e. The summed E-state index contributed by atoms with van der Waals surface area (Å²) in [6.45, 7) is 4.19. The van der Waals surface area contributed by atoms with Crippen LogP contribution < -0.4 is 5.56 Å². The second kappa shape index (κ2) is 6.19. The van der Waals surface area contributed by atoms with Gasteiger partial charge in [0.25, 0.3) is 5.56 Å². The second-order valence-corrected chi connectivity index (χ2v) is 4.50. The van der Waals surface area contributed by atoms with Crippen molar-refractivity contribution in [1.29, 1.82) is 0 Å². The van der Waals surface area contributed by atoms with Crippen molar-refractivity contribution < 1.29 is 9.53 Å². The van der Waals surface area contributed by atoms with Gasteiger partial charge in [0, 0.05) is 6.07 Å². The Bertz CT molecular complexity index is 659. The average molecular weight is 271 g/mol. The molecule has 0 fully saturated rings. The zero-order chi connectivity index (χ0) is 14.5. The van der Waals surface area contributed by atoms with Gasteiger partial charge in [0.2, 0.25) is 0 Å². The van der Waals surface area contributed by atoms with Crippen molar-refractivity contribution >= 4 is 5.97 Å². The number of benzene rings is 1. The lowest BCUT2D eigenvalue weighted by atomic mass is 10.1. The SMILES string of the molecule is CCOC(=O)c1c(C)ccc(=O)n1Cc1ccccc1. The Morgan fingerprint density at radius 3 is 2.50 bits per heavy atom. The Morgan fingerprint density at radius 2 is 1.85 bits per heavy atom. The van der Waals surface area contributed by atoms with Crippen LogP contribution in [0, 0.1) is 6.92 Å². The van der Waals surface area contributed by atoms with E-state index in [1.165, 1.54) is 10.6 Å². The molecule has 0 saturated heterocycles. The molecule has 2 aromatic rings. The number of rotatable bonds is 4. The fourth-order valence-electron chi connectivity index (χ4n) is 2.08. The van der Waals surface area contributed by atoms with E-state index in [-0.39, 0.29) is 12.2 Å². The number of aromatic nitrogens is 1. The van der Waals surface area contributed by atoms with Gasteiger partial charge in [-0.15, -0.1) is 0 Å². The molecule has 1 aromatic carbocycles. The van der Waals surface area contributed by atoms with Gasteiger partial charge >= 0.3 is 5.97 Å². The molecular weight excluding hydrogens is 254 g/mol. The van der Waals surface area contributed by atoms with E-state index in [0.717, 1.165) is 11.1 Å². The predicted molar refractivity (Wildman–Crippen MR) is 76.9 cm³/mol. The molecule has 0 N–H and O–H groups in total. The normalized spacial score (nSPS) is 10.3. The van der Waals surface area contributed by atoms with E-state index in [9.17, 15) is 9.59 Å². The van der Waals surface area contributed by atoms with Crippen molar-refractivity contribution in [3.8, 4) is 0 Å². The first-order valence-electron chi connectivity index (χ1n) is 6.55. The highest BCUT2D eigenvalue weighted by Crippen LogP contribution is 2.10. The van der Waals surface area contributed by atoms with Crippen LogP contribution >= 0.6 is 0 Å². The third-order valence-electron chi connectivity index (χ3n) is 3.04.